The van der Waals surface area contributed by atoms with Crippen molar-refractivity contribution in [2.75, 3.05) is 13.7 Å². The van der Waals surface area contributed by atoms with E-state index >= 15 is 0 Å². The van der Waals surface area contributed by atoms with Gasteiger partial charge in [0.05, 0.1) is 18.5 Å². The standard InChI is InChI=1S/C32H28FN3O2/c1-38-28-18-16-27(17-19-28)36-31(22-30(35-36)25-12-14-26(33)15-13-25)32(37)34-21-20-29(23-8-4-2-5-9-23)24-10-6-3-7-11-24/h2-19,22,29H,20-21H2,1H3,(H,34,37). The van der Waals surface area contributed by atoms with Crippen molar-refractivity contribution < 1.29 is 13.9 Å². The van der Waals surface area contributed by atoms with Gasteiger partial charge in [0.2, 0.25) is 0 Å². The summed E-state index contributed by atoms with van der Waals surface area (Å²) in [6, 6.07) is 35.8. The van der Waals surface area contributed by atoms with Gasteiger partial charge in [-0.1, -0.05) is 60.7 Å². The minimum Gasteiger partial charge on any atom is -0.497 e. The van der Waals surface area contributed by atoms with Crippen LogP contribution in [-0.4, -0.2) is 29.3 Å². The Balaban J connectivity index is 1.40. The lowest BCUT2D eigenvalue weighted by Gasteiger charge is -2.18. The highest BCUT2D eigenvalue weighted by molar-refractivity contribution is 5.94. The predicted octanol–water partition coefficient (Wildman–Crippen LogP) is 6.64. The fraction of sp³-hybridized carbons (Fsp3) is 0.125. The Morgan fingerprint density at radius 2 is 1.47 bits per heavy atom. The Bertz CT molecular complexity index is 1440. The van der Waals surface area contributed by atoms with Crippen molar-refractivity contribution in [3.8, 4) is 22.7 Å². The molecule has 6 heteroatoms. The number of rotatable bonds is 9. The number of hydrogen-bond donors (Lipinski definition) is 1. The number of aromatic nitrogens is 2. The minimum absolute atomic E-state index is 0.152. The van der Waals surface area contributed by atoms with Gasteiger partial charge in [0.25, 0.3) is 5.91 Å². The van der Waals surface area contributed by atoms with Crippen molar-refractivity contribution in [1.82, 2.24) is 15.1 Å². The van der Waals surface area contributed by atoms with Gasteiger partial charge < -0.3 is 10.1 Å². The third-order valence-electron chi connectivity index (χ3n) is 6.52. The van der Waals surface area contributed by atoms with Crippen molar-refractivity contribution in [1.29, 1.82) is 0 Å². The maximum atomic E-state index is 13.5. The molecule has 0 fully saturated rings. The van der Waals surface area contributed by atoms with Gasteiger partial charge in [-0.25, -0.2) is 9.07 Å². The van der Waals surface area contributed by atoms with E-state index in [1.165, 1.54) is 23.3 Å². The molecule has 1 heterocycles. The SMILES string of the molecule is COc1ccc(-n2nc(-c3ccc(F)cc3)cc2C(=O)NCCC(c2ccccc2)c2ccccc2)cc1. The number of carbonyl (C=O) groups is 1. The largest absolute Gasteiger partial charge is 0.497 e. The van der Waals surface area contributed by atoms with Gasteiger partial charge in [0.1, 0.15) is 17.3 Å². The number of carbonyl (C=O) groups excluding carboxylic acids is 1. The molecule has 5 rings (SSSR count). The van der Waals surface area contributed by atoms with Crippen molar-refractivity contribution in [3.63, 3.8) is 0 Å². The van der Waals surface area contributed by atoms with Crippen LogP contribution >= 0.6 is 0 Å². The van der Waals surface area contributed by atoms with Crippen molar-refractivity contribution in [2.24, 2.45) is 0 Å². The molecule has 190 valence electrons. The summed E-state index contributed by atoms with van der Waals surface area (Å²) in [5.41, 5.74) is 4.82. The zero-order valence-corrected chi connectivity index (χ0v) is 21.1. The molecule has 38 heavy (non-hydrogen) atoms. The number of halogens is 1. The van der Waals surface area contributed by atoms with Crippen molar-refractivity contribution in [3.05, 3.63) is 138 Å². The molecule has 0 aliphatic rings. The number of ether oxygens (including phenoxy) is 1. The summed E-state index contributed by atoms with van der Waals surface area (Å²) in [5.74, 6) is 0.298. The summed E-state index contributed by atoms with van der Waals surface area (Å²) < 4.78 is 20.4. The number of methoxy groups -OCH3 is 1. The quantitative estimate of drug-likeness (QED) is 0.244. The van der Waals surface area contributed by atoms with E-state index in [1.807, 2.05) is 60.7 Å². The molecule has 1 aromatic heterocycles. The summed E-state index contributed by atoms with van der Waals surface area (Å²) >= 11 is 0. The molecule has 1 amide bonds. The summed E-state index contributed by atoms with van der Waals surface area (Å²) in [4.78, 5) is 13.5. The van der Waals surface area contributed by atoms with Gasteiger partial charge in [-0.2, -0.15) is 5.10 Å². The number of hydrogen-bond acceptors (Lipinski definition) is 3. The number of amides is 1. The Labute approximate surface area is 221 Å². The molecular formula is C32H28FN3O2. The second-order valence-electron chi connectivity index (χ2n) is 8.95. The summed E-state index contributed by atoms with van der Waals surface area (Å²) in [5, 5.41) is 7.78. The second kappa shape index (κ2) is 11.6. The maximum absolute atomic E-state index is 13.5. The van der Waals surface area contributed by atoms with Crippen LogP contribution in [0.1, 0.15) is 34.0 Å². The molecule has 0 unspecified atom stereocenters. The van der Waals surface area contributed by atoms with Crippen LogP contribution in [-0.2, 0) is 0 Å². The van der Waals surface area contributed by atoms with Crippen LogP contribution in [0.25, 0.3) is 16.9 Å². The summed E-state index contributed by atoms with van der Waals surface area (Å²) in [7, 11) is 1.60. The molecule has 5 aromatic rings. The Hall–Kier alpha value is -4.71. The molecule has 0 spiro atoms. The van der Waals surface area contributed by atoms with Gasteiger partial charge in [0.15, 0.2) is 0 Å². The van der Waals surface area contributed by atoms with Gasteiger partial charge in [-0.05, 0) is 72.1 Å². The molecule has 0 atom stereocenters. The molecule has 5 nitrogen and oxygen atoms in total. The Kier molecular flexibility index (Phi) is 7.59. The van der Waals surface area contributed by atoms with Crippen molar-refractivity contribution >= 4 is 5.91 Å². The topological polar surface area (TPSA) is 56.2 Å². The zero-order valence-electron chi connectivity index (χ0n) is 21.1. The Morgan fingerprint density at radius 1 is 0.868 bits per heavy atom. The third kappa shape index (κ3) is 5.65. The molecule has 0 saturated heterocycles. The van der Waals surface area contributed by atoms with E-state index in [0.717, 1.165) is 17.7 Å². The van der Waals surface area contributed by atoms with Crippen LogP contribution < -0.4 is 10.1 Å². The highest BCUT2D eigenvalue weighted by Crippen LogP contribution is 2.28. The highest BCUT2D eigenvalue weighted by Gasteiger charge is 2.19. The molecule has 0 bridgehead atoms. The smallest absolute Gasteiger partial charge is 0.270 e. The van der Waals surface area contributed by atoms with Gasteiger partial charge in [-0.3, -0.25) is 4.79 Å². The first kappa shape index (κ1) is 25.0. The van der Waals surface area contributed by atoms with Gasteiger partial charge in [-0.15, -0.1) is 0 Å². The summed E-state index contributed by atoms with van der Waals surface area (Å²) in [6.07, 6.45) is 0.737. The van der Waals surface area contributed by atoms with Crippen LogP contribution in [0, 0.1) is 5.82 Å². The van der Waals surface area contributed by atoms with Crippen LogP contribution in [0.4, 0.5) is 4.39 Å². The number of nitrogens with one attached hydrogen (secondary N) is 1. The molecule has 0 aliphatic carbocycles. The molecule has 0 radical (unpaired) electrons. The first-order chi connectivity index (χ1) is 18.6. The normalized spacial score (nSPS) is 10.9. The summed E-state index contributed by atoms with van der Waals surface area (Å²) in [6.45, 7) is 0.479. The third-order valence-corrected chi connectivity index (χ3v) is 6.52. The lowest BCUT2D eigenvalue weighted by molar-refractivity contribution is 0.0945. The van der Waals surface area contributed by atoms with Gasteiger partial charge >= 0.3 is 0 Å². The fourth-order valence-electron chi connectivity index (χ4n) is 4.54. The van der Waals surface area contributed by atoms with Gasteiger partial charge in [0, 0.05) is 18.0 Å². The first-order valence-corrected chi connectivity index (χ1v) is 12.5. The van der Waals surface area contributed by atoms with E-state index in [4.69, 9.17) is 4.74 Å². The maximum Gasteiger partial charge on any atom is 0.270 e. The van der Waals surface area contributed by atoms with E-state index in [2.05, 4.69) is 34.7 Å². The average Bonchev–Trinajstić information content (AvgIpc) is 3.42. The molecule has 0 aliphatic heterocycles. The average molecular weight is 506 g/mol. The molecular weight excluding hydrogens is 477 g/mol. The van der Waals surface area contributed by atoms with E-state index in [1.54, 1.807) is 30.0 Å². The number of nitrogens with zero attached hydrogens (tertiary/aromatic N) is 2. The van der Waals surface area contributed by atoms with E-state index < -0.39 is 0 Å². The Morgan fingerprint density at radius 3 is 2.05 bits per heavy atom. The van der Waals surface area contributed by atoms with Crippen LogP contribution in [0.15, 0.2) is 115 Å². The predicted molar refractivity (Wildman–Crippen MR) is 147 cm³/mol. The van der Waals surface area contributed by atoms with Crippen LogP contribution in [0.5, 0.6) is 5.75 Å². The lowest BCUT2D eigenvalue weighted by Crippen LogP contribution is -2.28. The monoisotopic (exact) mass is 505 g/mol. The second-order valence-corrected chi connectivity index (χ2v) is 8.95. The molecule has 1 N–H and O–H groups in total. The number of benzene rings is 4. The van der Waals surface area contributed by atoms with E-state index in [9.17, 15) is 9.18 Å². The highest BCUT2D eigenvalue weighted by atomic mass is 19.1. The first-order valence-electron chi connectivity index (χ1n) is 12.5. The van der Waals surface area contributed by atoms with Crippen LogP contribution in [0.2, 0.25) is 0 Å². The van der Waals surface area contributed by atoms with Crippen LogP contribution in [0.3, 0.4) is 0 Å². The molecule has 0 saturated carbocycles. The van der Waals surface area contributed by atoms with E-state index in [-0.39, 0.29) is 17.6 Å². The van der Waals surface area contributed by atoms with Crippen molar-refractivity contribution in [2.45, 2.75) is 12.3 Å². The fourth-order valence-corrected chi connectivity index (χ4v) is 4.54. The molecule has 4 aromatic carbocycles. The van der Waals surface area contributed by atoms with E-state index in [0.29, 0.717) is 23.7 Å². The zero-order chi connectivity index (χ0) is 26.3. The minimum atomic E-state index is -0.326. The lowest BCUT2D eigenvalue weighted by atomic mass is 9.88.